The van der Waals surface area contributed by atoms with Crippen molar-refractivity contribution in [2.45, 2.75) is 25.8 Å². The van der Waals surface area contributed by atoms with Gasteiger partial charge in [0.05, 0.1) is 11.2 Å². The van der Waals surface area contributed by atoms with Crippen molar-refractivity contribution in [3.8, 4) is 0 Å². The van der Waals surface area contributed by atoms with Crippen molar-refractivity contribution in [1.29, 1.82) is 0 Å². The maximum absolute atomic E-state index is 4.75. The molecule has 0 aliphatic carbocycles. The number of halogens is 3. The number of nitrogens with zero attached hydrogens (tertiary/aromatic N) is 1. The lowest BCUT2D eigenvalue weighted by Crippen LogP contribution is -2.20. The van der Waals surface area contributed by atoms with Crippen molar-refractivity contribution in [2.75, 3.05) is 11.1 Å². The zero-order chi connectivity index (χ0) is 13.3. The lowest BCUT2D eigenvalue weighted by molar-refractivity contribution is 0.523. The van der Waals surface area contributed by atoms with E-state index in [1.807, 2.05) is 12.1 Å². The zero-order valence-electron chi connectivity index (χ0n) is 10.1. The van der Waals surface area contributed by atoms with Crippen LogP contribution in [-0.2, 0) is 0 Å². The van der Waals surface area contributed by atoms with Crippen LogP contribution in [0.25, 0.3) is 0 Å². The predicted molar refractivity (Wildman–Crippen MR) is 91.8 cm³/mol. The van der Waals surface area contributed by atoms with Crippen molar-refractivity contribution in [3.63, 3.8) is 0 Å². The summed E-state index contributed by atoms with van der Waals surface area (Å²) in [5.41, 5.74) is 1.09. The van der Waals surface area contributed by atoms with Crippen molar-refractivity contribution in [3.05, 3.63) is 25.6 Å². The van der Waals surface area contributed by atoms with Crippen LogP contribution in [0.4, 0.5) is 5.69 Å². The standard InChI is InChI=1S/C12H13Br3N2S/c1-3-12(2)6-18-11(17-12)16-10-8(14)4-7(13)5-9(10)15/h4-5H,3,6H2,1-2H3,(H,16,17). The molecule has 98 valence electrons. The van der Waals surface area contributed by atoms with Gasteiger partial charge in [-0.3, -0.25) is 4.99 Å². The summed E-state index contributed by atoms with van der Waals surface area (Å²) in [5, 5.41) is 4.38. The van der Waals surface area contributed by atoms with Crippen LogP contribution < -0.4 is 5.32 Å². The number of aliphatic imine (C=N–C) groups is 1. The largest absolute Gasteiger partial charge is 0.333 e. The van der Waals surface area contributed by atoms with Crippen LogP contribution in [0.15, 0.2) is 30.5 Å². The summed E-state index contributed by atoms with van der Waals surface area (Å²) < 4.78 is 3.06. The molecule has 1 aliphatic rings. The van der Waals surface area contributed by atoms with Crippen molar-refractivity contribution < 1.29 is 0 Å². The second-order valence-corrected chi connectivity index (χ2v) is 8.01. The van der Waals surface area contributed by atoms with Crippen LogP contribution in [0, 0.1) is 0 Å². The molecule has 2 nitrogen and oxygen atoms in total. The highest BCUT2D eigenvalue weighted by Gasteiger charge is 2.29. The Labute approximate surface area is 137 Å². The smallest absolute Gasteiger partial charge is 0.161 e. The van der Waals surface area contributed by atoms with Gasteiger partial charge in [-0.1, -0.05) is 34.6 Å². The minimum absolute atomic E-state index is 0.0708. The van der Waals surface area contributed by atoms with Crippen molar-refractivity contribution in [1.82, 2.24) is 0 Å². The van der Waals surface area contributed by atoms with Gasteiger partial charge in [0.25, 0.3) is 0 Å². The fourth-order valence-corrected chi connectivity index (χ4v) is 5.18. The third kappa shape index (κ3) is 3.32. The molecule has 0 aromatic heterocycles. The number of benzene rings is 1. The number of hydrogen-bond acceptors (Lipinski definition) is 3. The second kappa shape index (κ2) is 5.85. The van der Waals surface area contributed by atoms with E-state index in [0.717, 1.165) is 36.4 Å². The van der Waals surface area contributed by atoms with Crippen LogP contribution in [0.1, 0.15) is 20.3 Å². The molecule has 1 aromatic rings. The van der Waals surface area contributed by atoms with Crippen LogP contribution in [0.2, 0.25) is 0 Å². The molecule has 18 heavy (non-hydrogen) atoms. The van der Waals surface area contributed by atoms with E-state index in [-0.39, 0.29) is 5.54 Å². The minimum Gasteiger partial charge on any atom is -0.333 e. The summed E-state index contributed by atoms with van der Waals surface area (Å²) in [7, 11) is 0. The van der Waals surface area contributed by atoms with Gasteiger partial charge >= 0.3 is 0 Å². The molecule has 0 bridgehead atoms. The summed E-state index contributed by atoms with van der Waals surface area (Å²) in [6.07, 6.45) is 1.06. The Bertz CT molecular complexity index is 481. The van der Waals surface area contributed by atoms with E-state index in [1.54, 1.807) is 11.8 Å². The van der Waals surface area contributed by atoms with E-state index in [4.69, 9.17) is 4.99 Å². The summed E-state index contributed by atoms with van der Waals surface area (Å²) in [6, 6.07) is 4.04. The monoisotopic (exact) mass is 454 g/mol. The number of rotatable bonds is 2. The number of amidine groups is 1. The predicted octanol–water partition coefficient (Wildman–Crippen LogP) is 5.66. The van der Waals surface area contributed by atoms with Gasteiger partial charge in [-0.15, -0.1) is 0 Å². The van der Waals surface area contributed by atoms with Crippen LogP contribution in [-0.4, -0.2) is 16.5 Å². The highest BCUT2D eigenvalue weighted by atomic mass is 79.9. The second-order valence-electron chi connectivity index (χ2n) is 4.43. The topological polar surface area (TPSA) is 24.4 Å². The van der Waals surface area contributed by atoms with Gasteiger partial charge in [0, 0.05) is 19.2 Å². The Morgan fingerprint density at radius 1 is 1.33 bits per heavy atom. The highest BCUT2D eigenvalue weighted by molar-refractivity contribution is 9.11. The molecule has 0 radical (unpaired) electrons. The maximum Gasteiger partial charge on any atom is 0.161 e. The molecule has 2 rings (SSSR count). The van der Waals surface area contributed by atoms with Gasteiger partial charge < -0.3 is 5.32 Å². The molecule has 0 amide bonds. The average molecular weight is 457 g/mol. The molecule has 1 heterocycles. The van der Waals surface area contributed by atoms with Crippen LogP contribution in [0.3, 0.4) is 0 Å². The van der Waals surface area contributed by atoms with Gasteiger partial charge in [-0.05, 0) is 57.3 Å². The molecule has 0 saturated heterocycles. The van der Waals surface area contributed by atoms with E-state index in [9.17, 15) is 0 Å². The number of thioether (sulfide) groups is 1. The lowest BCUT2D eigenvalue weighted by atomic mass is 10.0. The Kier molecular flexibility index (Phi) is 4.84. The number of nitrogens with one attached hydrogen (secondary N) is 1. The number of anilines is 1. The molecule has 1 aromatic carbocycles. The quantitative estimate of drug-likeness (QED) is 0.621. The van der Waals surface area contributed by atoms with E-state index < -0.39 is 0 Å². The van der Waals surface area contributed by atoms with Gasteiger partial charge in [-0.25, -0.2) is 0 Å². The first kappa shape index (κ1) is 14.9. The third-order valence-electron chi connectivity index (χ3n) is 2.89. The molecule has 1 unspecified atom stereocenters. The van der Waals surface area contributed by atoms with Crippen molar-refractivity contribution in [2.24, 2.45) is 4.99 Å². The lowest BCUT2D eigenvalue weighted by Gasteiger charge is -2.15. The average Bonchev–Trinajstić information content (AvgIpc) is 2.66. The molecule has 6 heteroatoms. The Morgan fingerprint density at radius 2 is 1.94 bits per heavy atom. The first-order chi connectivity index (χ1) is 8.43. The summed E-state index contributed by atoms with van der Waals surface area (Å²) in [5.74, 6) is 1.04. The van der Waals surface area contributed by atoms with Gasteiger partial charge in [0.1, 0.15) is 0 Å². The summed E-state index contributed by atoms with van der Waals surface area (Å²) in [4.78, 5) is 4.75. The van der Waals surface area contributed by atoms with Crippen molar-refractivity contribution >= 4 is 70.4 Å². The van der Waals surface area contributed by atoms with E-state index in [2.05, 4.69) is 67.0 Å². The normalized spacial score (nSPS) is 23.1. The molecule has 0 fully saturated rings. The molecule has 1 N–H and O–H groups in total. The molecule has 0 spiro atoms. The Morgan fingerprint density at radius 3 is 2.44 bits per heavy atom. The van der Waals surface area contributed by atoms with E-state index >= 15 is 0 Å². The van der Waals surface area contributed by atoms with E-state index in [0.29, 0.717) is 0 Å². The minimum atomic E-state index is 0.0708. The van der Waals surface area contributed by atoms with Gasteiger partial charge in [0.2, 0.25) is 0 Å². The highest BCUT2D eigenvalue weighted by Crippen LogP contribution is 2.37. The number of hydrogen-bond donors (Lipinski definition) is 1. The molecule has 1 aliphatic heterocycles. The molecular formula is C12H13Br3N2S. The summed E-state index contributed by atoms with van der Waals surface area (Å²) >= 11 is 12.4. The van der Waals surface area contributed by atoms with E-state index in [1.165, 1.54) is 0 Å². The SMILES string of the molecule is CCC1(C)CSC(Nc2c(Br)cc(Br)cc2Br)=N1. The molecule has 0 saturated carbocycles. The fraction of sp³-hybridized carbons (Fsp3) is 0.417. The Hall–Kier alpha value is 0.480. The molecular weight excluding hydrogens is 444 g/mol. The van der Waals surface area contributed by atoms with Gasteiger partial charge in [0.15, 0.2) is 5.17 Å². The Balaban J connectivity index is 2.24. The summed E-state index contributed by atoms with van der Waals surface area (Å²) in [6.45, 7) is 4.37. The first-order valence-electron chi connectivity index (χ1n) is 5.58. The first-order valence-corrected chi connectivity index (χ1v) is 8.94. The zero-order valence-corrected chi connectivity index (χ0v) is 15.6. The van der Waals surface area contributed by atoms with Crippen LogP contribution >= 0.6 is 59.6 Å². The van der Waals surface area contributed by atoms with Crippen LogP contribution in [0.5, 0.6) is 0 Å². The fourth-order valence-electron chi connectivity index (χ4n) is 1.55. The maximum atomic E-state index is 4.75. The third-order valence-corrected chi connectivity index (χ3v) is 5.83. The molecule has 1 atom stereocenters. The van der Waals surface area contributed by atoms with Gasteiger partial charge in [-0.2, -0.15) is 0 Å².